The van der Waals surface area contributed by atoms with Crippen LogP contribution in [0.4, 0.5) is 0 Å². The molecule has 0 aliphatic carbocycles. The summed E-state index contributed by atoms with van der Waals surface area (Å²) in [5, 5.41) is 0. The number of nitrogens with two attached hydrogens (primary N) is 1. The predicted molar refractivity (Wildman–Crippen MR) is 55.4 cm³/mol. The second-order valence-electron chi connectivity index (χ2n) is 3.45. The van der Waals surface area contributed by atoms with Crippen LogP contribution < -0.4 is 10.5 Å². The third kappa shape index (κ3) is 2.67. The van der Waals surface area contributed by atoms with Crippen molar-refractivity contribution in [2.75, 3.05) is 13.7 Å². The average molecular weight is 195 g/mol. The summed E-state index contributed by atoms with van der Waals surface area (Å²) in [7, 11) is 1.61. The highest BCUT2D eigenvalue weighted by molar-refractivity contribution is 5.17. The number of methoxy groups -OCH3 is 1. The van der Waals surface area contributed by atoms with Crippen LogP contribution in [0.2, 0.25) is 0 Å². The third-order valence-corrected chi connectivity index (χ3v) is 1.90. The molecule has 0 aromatic carbocycles. The van der Waals surface area contributed by atoms with Gasteiger partial charge in [-0.25, -0.2) is 4.98 Å². The van der Waals surface area contributed by atoms with Crippen LogP contribution in [-0.2, 0) is 6.42 Å². The highest BCUT2D eigenvalue weighted by Gasteiger charge is 2.07. The zero-order chi connectivity index (χ0) is 10.6. The summed E-state index contributed by atoms with van der Waals surface area (Å²) in [4.78, 5) is 8.66. The number of aromatic nitrogens is 2. The van der Waals surface area contributed by atoms with Crippen LogP contribution in [0.3, 0.4) is 0 Å². The molecule has 0 aliphatic heterocycles. The quantitative estimate of drug-likeness (QED) is 0.781. The molecule has 0 atom stereocenters. The summed E-state index contributed by atoms with van der Waals surface area (Å²) < 4.78 is 5.10. The van der Waals surface area contributed by atoms with Crippen molar-refractivity contribution in [3.8, 4) is 5.88 Å². The zero-order valence-corrected chi connectivity index (χ0v) is 8.95. The first kappa shape index (κ1) is 10.9. The second-order valence-corrected chi connectivity index (χ2v) is 3.45. The lowest BCUT2D eigenvalue weighted by Crippen LogP contribution is -2.08. The van der Waals surface area contributed by atoms with Gasteiger partial charge in [0, 0.05) is 24.1 Å². The van der Waals surface area contributed by atoms with Gasteiger partial charge in [-0.15, -0.1) is 0 Å². The Morgan fingerprint density at radius 1 is 1.43 bits per heavy atom. The smallest absolute Gasteiger partial charge is 0.216 e. The molecule has 0 saturated carbocycles. The molecule has 78 valence electrons. The van der Waals surface area contributed by atoms with E-state index in [9.17, 15) is 0 Å². The first-order valence-electron chi connectivity index (χ1n) is 4.79. The molecule has 0 bridgehead atoms. The Morgan fingerprint density at radius 2 is 2.14 bits per heavy atom. The first-order valence-corrected chi connectivity index (χ1v) is 4.79. The van der Waals surface area contributed by atoms with Crippen molar-refractivity contribution in [1.82, 2.24) is 9.97 Å². The molecule has 0 saturated heterocycles. The molecule has 0 fully saturated rings. The molecule has 2 N–H and O–H groups in total. The molecular formula is C10H17N3O. The fourth-order valence-corrected chi connectivity index (χ4v) is 1.13. The minimum absolute atomic E-state index is 0.307. The summed E-state index contributed by atoms with van der Waals surface area (Å²) in [6.45, 7) is 4.71. The SMILES string of the molecule is COc1cc(CCN)nc(C(C)C)n1. The van der Waals surface area contributed by atoms with E-state index in [0.29, 0.717) is 18.3 Å². The van der Waals surface area contributed by atoms with Crippen molar-refractivity contribution in [3.63, 3.8) is 0 Å². The van der Waals surface area contributed by atoms with Crippen molar-refractivity contribution in [2.45, 2.75) is 26.2 Å². The first-order chi connectivity index (χ1) is 6.67. The van der Waals surface area contributed by atoms with Crippen LogP contribution in [0.5, 0.6) is 5.88 Å². The Morgan fingerprint density at radius 3 is 2.64 bits per heavy atom. The van der Waals surface area contributed by atoms with Gasteiger partial charge in [-0.1, -0.05) is 13.8 Å². The minimum Gasteiger partial charge on any atom is -0.481 e. The predicted octanol–water partition coefficient (Wildman–Crippen LogP) is 1.11. The summed E-state index contributed by atoms with van der Waals surface area (Å²) in [5.74, 6) is 1.74. The molecular weight excluding hydrogens is 178 g/mol. The Labute approximate surface area is 84.5 Å². The van der Waals surface area contributed by atoms with E-state index in [4.69, 9.17) is 10.5 Å². The number of ether oxygens (including phenoxy) is 1. The minimum atomic E-state index is 0.307. The summed E-state index contributed by atoms with van der Waals surface area (Å²) >= 11 is 0. The fourth-order valence-electron chi connectivity index (χ4n) is 1.13. The molecule has 4 heteroatoms. The Hall–Kier alpha value is -1.16. The van der Waals surface area contributed by atoms with Gasteiger partial charge in [-0.3, -0.25) is 0 Å². The van der Waals surface area contributed by atoms with Gasteiger partial charge in [0.05, 0.1) is 7.11 Å². The van der Waals surface area contributed by atoms with E-state index in [-0.39, 0.29) is 0 Å². The molecule has 0 aliphatic rings. The molecule has 0 radical (unpaired) electrons. The normalized spacial score (nSPS) is 10.6. The highest BCUT2D eigenvalue weighted by Crippen LogP contribution is 2.15. The molecule has 4 nitrogen and oxygen atoms in total. The standard InChI is InChI=1S/C10H17N3O/c1-7(2)10-12-8(4-5-11)6-9(13-10)14-3/h6-7H,4-5,11H2,1-3H3. The lowest BCUT2D eigenvalue weighted by Gasteiger charge is -2.08. The van der Waals surface area contributed by atoms with E-state index in [1.807, 2.05) is 6.07 Å². The number of hydrogen-bond acceptors (Lipinski definition) is 4. The fraction of sp³-hybridized carbons (Fsp3) is 0.600. The van der Waals surface area contributed by atoms with E-state index in [2.05, 4.69) is 23.8 Å². The maximum atomic E-state index is 5.48. The van der Waals surface area contributed by atoms with E-state index in [1.165, 1.54) is 0 Å². The molecule has 0 spiro atoms. The topological polar surface area (TPSA) is 61.0 Å². The third-order valence-electron chi connectivity index (χ3n) is 1.90. The van der Waals surface area contributed by atoms with E-state index in [0.717, 1.165) is 17.9 Å². The van der Waals surface area contributed by atoms with E-state index in [1.54, 1.807) is 7.11 Å². The molecule has 0 unspecified atom stereocenters. The van der Waals surface area contributed by atoms with Gasteiger partial charge < -0.3 is 10.5 Å². The second kappa shape index (κ2) is 4.91. The van der Waals surface area contributed by atoms with Crippen LogP contribution in [0, 0.1) is 0 Å². The van der Waals surface area contributed by atoms with Gasteiger partial charge in [-0.05, 0) is 6.54 Å². The Bertz CT molecular complexity index is 299. The van der Waals surface area contributed by atoms with Gasteiger partial charge >= 0.3 is 0 Å². The number of hydrogen-bond donors (Lipinski definition) is 1. The van der Waals surface area contributed by atoms with Crippen molar-refractivity contribution < 1.29 is 4.74 Å². The van der Waals surface area contributed by atoms with Crippen molar-refractivity contribution in [1.29, 1.82) is 0 Å². The molecule has 1 rings (SSSR count). The van der Waals surface area contributed by atoms with Gasteiger partial charge in [0.1, 0.15) is 5.82 Å². The maximum Gasteiger partial charge on any atom is 0.216 e. The number of nitrogens with zero attached hydrogens (tertiary/aromatic N) is 2. The van der Waals surface area contributed by atoms with Crippen LogP contribution >= 0.6 is 0 Å². The molecule has 1 aromatic rings. The van der Waals surface area contributed by atoms with Crippen molar-refractivity contribution in [3.05, 3.63) is 17.6 Å². The monoisotopic (exact) mass is 195 g/mol. The summed E-state index contributed by atoms with van der Waals surface area (Å²) in [5.41, 5.74) is 6.42. The molecule has 14 heavy (non-hydrogen) atoms. The van der Waals surface area contributed by atoms with Gasteiger partial charge in [0.25, 0.3) is 0 Å². The van der Waals surface area contributed by atoms with Crippen LogP contribution in [-0.4, -0.2) is 23.6 Å². The largest absolute Gasteiger partial charge is 0.481 e. The highest BCUT2D eigenvalue weighted by atomic mass is 16.5. The number of rotatable bonds is 4. The molecule has 1 heterocycles. The Kier molecular flexibility index (Phi) is 3.83. The summed E-state index contributed by atoms with van der Waals surface area (Å²) in [6, 6.07) is 1.83. The van der Waals surface area contributed by atoms with E-state index >= 15 is 0 Å². The van der Waals surface area contributed by atoms with Gasteiger partial charge in [-0.2, -0.15) is 4.98 Å². The lowest BCUT2D eigenvalue weighted by molar-refractivity contribution is 0.392. The lowest BCUT2D eigenvalue weighted by atomic mass is 10.2. The van der Waals surface area contributed by atoms with Gasteiger partial charge in [0.2, 0.25) is 5.88 Å². The van der Waals surface area contributed by atoms with Crippen LogP contribution in [0.15, 0.2) is 6.07 Å². The zero-order valence-electron chi connectivity index (χ0n) is 8.95. The van der Waals surface area contributed by atoms with Gasteiger partial charge in [0.15, 0.2) is 0 Å². The summed E-state index contributed by atoms with van der Waals surface area (Å²) in [6.07, 6.45) is 0.763. The van der Waals surface area contributed by atoms with Crippen molar-refractivity contribution in [2.24, 2.45) is 5.73 Å². The Balaban J connectivity index is 3.00. The van der Waals surface area contributed by atoms with Crippen LogP contribution in [0.25, 0.3) is 0 Å². The maximum absolute atomic E-state index is 5.48. The van der Waals surface area contributed by atoms with Crippen LogP contribution in [0.1, 0.15) is 31.3 Å². The van der Waals surface area contributed by atoms with E-state index < -0.39 is 0 Å². The molecule has 0 amide bonds. The molecule has 1 aromatic heterocycles. The average Bonchev–Trinajstić information content (AvgIpc) is 2.17. The van der Waals surface area contributed by atoms with Crippen molar-refractivity contribution >= 4 is 0 Å².